The molecule has 0 spiro atoms. The second kappa shape index (κ2) is 8.86. The Bertz CT molecular complexity index is 853. The Labute approximate surface area is 164 Å². The van der Waals surface area contributed by atoms with Crippen molar-refractivity contribution in [2.45, 2.75) is 43.6 Å². The molecule has 0 aliphatic heterocycles. The molecule has 1 fully saturated rings. The molecule has 0 amide bonds. The zero-order valence-corrected chi connectivity index (χ0v) is 16.5. The summed E-state index contributed by atoms with van der Waals surface area (Å²) in [6.07, 6.45) is 5.95. The van der Waals surface area contributed by atoms with Crippen molar-refractivity contribution in [1.82, 2.24) is 14.7 Å². The maximum atomic E-state index is 12.4. The van der Waals surface area contributed by atoms with E-state index in [1.165, 1.54) is 13.3 Å². The number of nitrogens with one attached hydrogen (secondary N) is 1. The number of benzene rings is 1. The lowest BCUT2D eigenvalue weighted by atomic mass is 9.94. The van der Waals surface area contributed by atoms with Gasteiger partial charge in [0.15, 0.2) is 0 Å². The fourth-order valence-corrected chi connectivity index (χ4v) is 4.64. The monoisotopic (exact) mass is 411 g/mol. The normalized spacial score (nSPS) is 20.2. The van der Waals surface area contributed by atoms with Crippen LogP contribution in [0, 0.1) is 0 Å². The Balaban J connectivity index is 1.49. The number of hydrogen-bond donors (Lipinski definition) is 1. The minimum Gasteiger partial charge on any atom is -0.480 e. The fourth-order valence-electron chi connectivity index (χ4n) is 3.05. The van der Waals surface area contributed by atoms with Gasteiger partial charge in [-0.1, -0.05) is 23.7 Å². The third kappa shape index (κ3) is 6.05. The molecule has 0 bridgehead atoms. The third-order valence-electron chi connectivity index (χ3n) is 4.38. The molecule has 1 aromatic carbocycles. The van der Waals surface area contributed by atoms with E-state index in [-0.39, 0.29) is 17.9 Å². The summed E-state index contributed by atoms with van der Waals surface area (Å²) in [7, 11) is -1.88. The molecule has 1 aliphatic rings. The SMILES string of the molecule is COc1cncc(OC2CCC(NS(=O)(=O)Cc3ccc(Cl)cc3)CC2)n1. The summed E-state index contributed by atoms with van der Waals surface area (Å²) in [6.45, 7) is 0. The van der Waals surface area contributed by atoms with E-state index in [1.807, 2.05) is 0 Å². The molecule has 0 atom stereocenters. The first kappa shape index (κ1) is 19.9. The fraction of sp³-hybridized carbons (Fsp3) is 0.444. The van der Waals surface area contributed by atoms with E-state index in [9.17, 15) is 8.42 Å². The van der Waals surface area contributed by atoms with Crippen LogP contribution in [0.3, 0.4) is 0 Å². The summed E-state index contributed by atoms with van der Waals surface area (Å²) in [5, 5.41) is 0.586. The number of hydrogen-bond acceptors (Lipinski definition) is 6. The van der Waals surface area contributed by atoms with Gasteiger partial charge in [-0.3, -0.25) is 4.98 Å². The Morgan fingerprint density at radius 2 is 1.78 bits per heavy atom. The van der Waals surface area contributed by atoms with Crippen molar-refractivity contribution >= 4 is 21.6 Å². The second-order valence-electron chi connectivity index (χ2n) is 6.49. The number of rotatable bonds is 7. The predicted molar refractivity (Wildman–Crippen MR) is 102 cm³/mol. The molecule has 1 aromatic heterocycles. The molecule has 0 unspecified atom stereocenters. The average molecular weight is 412 g/mol. The highest BCUT2D eigenvalue weighted by molar-refractivity contribution is 7.88. The largest absolute Gasteiger partial charge is 0.480 e. The molecule has 1 aliphatic carbocycles. The van der Waals surface area contributed by atoms with Crippen molar-refractivity contribution in [3.63, 3.8) is 0 Å². The minimum atomic E-state index is -3.41. The van der Waals surface area contributed by atoms with Gasteiger partial charge in [-0.25, -0.2) is 13.1 Å². The van der Waals surface area contributed by atoms with E-state index in [1.54, 1.807) is 30.5 Å². The lowest BCUT2D eigenvalue weighted by molar-refractivity contribution is 0.136. The molecule has 146 valence electrons. The maximum Gasteiger partial charge on any atom is 0.235 e. The van der Waals surface area contributed by atoms with E-state index in [4.69, 9.17) is 21.1 Å². The van der Waals surface area contributed by atoms with E-state index in [2.05, 4.69) is 14.7 Å². The summed E-state index contributed by atoms with van der Waals surface area (Å²) < 4.78 is 38.4. The first-order valence-corrected chi connectivity index (χ1v) is 10.7. The number of aromatic nitrogens is 2. The van der Waals surface area contributed by atoms with Crippen LogP contribution >= 0.6 is 11.6 Å². The zero-order chi connectivity index (χ0) is 19.3. The van der Waals surface area contributed by atoms with E-state index in [0.29, 0.717) is 35.2 Å². The third-order valence-corrected chi connectivity index (χ3v) is 6.04. The standard InChI is InChI=1S/C18H22ClN3O4S/c1-25-17-10-20-11-18(21-17)26-16-8-6-15(7-9-16)22-27(23,24)12-13-2-4-14(19)5-3-13/h2-5,10-11,15-16,22H,6-9,12H2,1H3. The Hall–Kier alpha value is -1.90. The Kier molecular flexibility index (Phi) is 6.51. The highest BCUT2D eigenvalue weighted by Crippen LogP contribution is 2.24. The van der Waals surface area contributed by atoms with Gasteiger partial charge >= 0.3 is 0 Å². The van der Waals surface area contributed by atoms with Gasteiger partial charge in [0.1, 0.15) is 6.10 Å². The summed E-state index contributed by atoms with van der Waals surface area (Å²) in [4.78, 5) is 8.21. The predicted octanol–water partition coefficient (Wildman–Crippen LogP) is 2.95. The highest BCUT2D eigenvalue weighted by Gasteiger charge is 2.26. The van der Waals surface area contributed by atoms with E-state index >= 15 is 0 Å². The van der Waals surface area contributed by atoms with Crippen LogP contribution in [0.15, 0.2) is 36.7 Å². The number of ether oxygens (including phenoxy) is 2. The van der Waals surface area contributed by atoms with Crippen LogP contribution in [0.1, 0.15) is 31.2 Å². The summed E-state index contributed by atoms with van der Waals surface area (Å²) in [5.41, 5.74) is 0.709. The lowest BCUT2D eigenvalue weighted by Gasteiger charge is -2.29. The van der Waals surface area contributed by atoms with Crippen LogP contribution in [0.5, 0.6) is 11.8 Å². The number of methoxy groups -OCH3 is 1. The second-order valence-corrected chi connectivity index (χ2v) is 8.68. The van der Waals surface area contributed by atoms with Crippen LogP contribution < -0.4 is 14.2 Å². The number of nitrogens with zero attached hydrogens (tertiary/aromatic N) is 2. The minimum absolute atomic E-state index is 0.0107. The topological polar surface area (TPSA) is 90.4 Å². The molecule has 3 rings (SSSR count). The Morgan fingerprint density at radius 1 is 1.11 bits per heavy atom. The van der Waals surface area contributed by atoms with Crippen molar-refractivity contribution in [2.24, 2.45) is 0 Å². The van der Waals surface area contributed by atoms with Gasteiger partial charge in [0, 0.05) is 11.1 Å². The van der Waals surface area contributed by atoms with Crippen molar-refractivity contribution in [2.75, 3.05) is 7.11 Å². The molecule has 7 nitrogen and oxygen atoms in total. The van der Waals surface area contributed by atoms with E-state index in [0.717, 1.165) is 12.8 Å². The van der Waals surface area contributed by atoms with Gasteiger partial charge in [-0.05, 0) is 43.4 Å². The van der Waals surface area contributed by atoms with Crippen LogP contribution in [0.4, 0.5) is 0 Å². The molecule has 9 heteroatoms. The van der Waals surface area contributed by atoms with Crippen molar-refractivity contribution < 1.29 is 17.9 Å². The average Bonchev–Trinajstić information content (AvgIpc) is 2.65. The Morgan fingerprint density at radius 3 is 2.44 bits per heavy atom. The summed E-state index contributed by atoms with van der Waals surface area (Å²) in [6, 6.07) is 6.74. The van der Waals surface area contributed by atoms with Crippen LogP contribution in [0.25, 0.3) is 0 Å². The first-order valence-electron chi connectivity index (χ1n) is 8.70. The summed E-state index contributed by atoms with van der Waals surface area (Å²) >= 11 is 5.83. The van der Waals surface area contributed by atoms with Gasteiger partial charge in [0.25, 0.3) is 0 Å². The van der Waals surface area contributed by atoms with Gasteiger partial charge in [-0.2, -0.15) is 4.98 Å². The lowest BCUT2D eigenvalue weighted by Crippen LogP contribution is -2.40. The molecule has 0 saturated heterocycles. The molecule has 1 saturated carbocycles. The van der Waals surface area contributed by atoms with Gasteiger partial charge in [0.05, 0.1) is 25.3 Å². The van der Waals surface area contributed by atoms with Crippen LogP contribution in [-0.2, 0) is 15.8 Å². The van der Waals surface area contributed by atoms with Crippen molar-refractivity contribution in [3.8, 4) is 11.8 Å². The maximum absolute atomic E-state index is 12.4. The molecule has 1 N–H and O–H groups in total. The zero-order valence-electron chi connectivity index (χ0n) is 15.0. The summed E-state index contributed by atoms with van der Waals surface area (Å²) in [5.74, 6) is 0.761. The van der Waals surface area contributed by atoms with E-state index < -0.39 is 10.0 Å². The quantitative estimate of drug-likeness (QED) is 0.753. The first-order chi connectivity index (χ1) is 12.9. The molecule has 27 heavy (non-hydrogen) atoms. The highest BCUT2D eigenvalue weighted by atomic mass is 35.5. The van der Waals surface area contributed by atoms with Crippen molar-refractivity contribution in [1.29, 1.82) is 0 Å². The molecular formula is C18H22ClN3O4S. The van der Waals surface area contributed by atoms with Gasteiger partial charge in [-0.15, -0.1) is 0 Å². The smallest absolute Gasteiger partial charge is 0.235 e. The molecular weight excluding hydrogens is 390 g/mol. The van der Waals surface area contributed by atoms with Crippen LogP contribution in [0.2, 0.25) is 5.02 Å². The van der Waals surface area contributed by atoms with Gasteiger partial charge < -0.3 is 9.47 Å². The molecule has 0 radical (unpaired) electrons. The molecule has 2 aromatic rings. The van der Waals surface area contributed by atoms with Crippen molar-refractivity contribution in [3.05, 3.63) is 47.2 Å². The van der Waals surface area contributed by atoms with Gasteiger partial charge in [0.2, 0.25) is 21.8 Å². The van der Waals surface area contributed by atoms with Crippen LogP contribution in [-0.4, -0.2) is 37.6 Å². The molecule has 1 heterocycles. The number of sulfonamides is 1. The number of halogens is 1.